The first-order valence-electron chi connectivity index (χ1n) is 8.52. The van der Waals surface area contributed by atoms with Gasteiger partial charge in [0.25, 0.3) is 0 Å². The molecule has 1 N–H and O–H groups in total. The predicted octanol–water partition coefficient (Wildman–Crippen LogP) is 3.77. The highest BCUT2D eigenvalue weighted by atomic mass is 35.5. The molecule has 1 unspecified atom stereocenters. The first-order valence-corrected chi connectivity index (χ1v) is 8.90. The molecule has 0 bridgehead atoms. The number of esters is 2. The molecule has 1 aliphatic rings. The number of halogens is 4. The Bertz CT molecular complexity index is 840. The van der Waals surface area contributed by atoms with Crippen molar-refractivity contribution in [3.8, 4) is 5.75 Å². The summed E-state index contributed by atoms with van der Waals surface area (Å²) in [6.07, 6.45) is -7.96. The first-order chi connectivity index (χ1) is 13.2. The van der Waals surface area contributed by atoms with Crippen molar-refractivity contribution in [1.82, 2.24) is 0 Å². The minimum absolute atomic E-state index is 0.0706. The van der Waals surface area contributed by atoms with Gasteiger partial charge in [-0.2, -0.15) is 13.2 Å². The van der Waals surface area contributed by atoms with Crippen molar-refractivity contribution in [2.75, 3.05) is 6.79 Å². The summed E-state index contributed by atoms with van der Waals surface area (Å²) in [6, 6.07) is 2.82. The molecule has 1 aliphatic heterocycles. The molecule has 0 spiro atoms. The van der Waals surface area contributed by atoms with E-state index in [9.17, 15) is 22.8 Å². The van der Waals surface area contributed by atoms with E-state index in [2.05, 4.69) is 9.47 Å². The zero-order chi connectivity index (χ0) is 22.1. The van der Waals surface area contributed by atoms with Gasteiger partial charge in [-0.3, -0.25) is 0 Å². The minimum atomic E-state index is -4.90. The molecular weight excluding hydrogens is 417 g/mol. The maximum atomic E-state index is 13.5. The Kier molecular flexibility index (Phi) is 6.54. The third-order valence-corrected chi connectivity index (χ3v) is 4.32. The Labute approximate surface area is 170 Å². The van der Waals surface area contributed by atoms with Gasteiger partial charge in [0.05, 0.1) is 5.57 Å². The highest BCUT2D eigenvalue weighted by molar-refractivity contribution is 6.31. The van der Waals surface area contributed by atoms with E-state index in [4.69, 9.17) is 21.4 Å². The smallest absolute Gasteiger partial charge is 0.430 e. The largest absolute Gasteiger partial charge is 0.475 e. The predicted molar refractivity (Wildman–Crippen MR) is 97.3 cm³/mol. The second-order valence-electron chi connectivity index (χ2n) is 7.45. The molecule has 6 nitrogen and oxygen atoms in total. The van der Waals surface area contributed by atoms with Gasteiger partial charge in [0.1, 0.15) is 11.9 Å². The number of alkyl halides is 3. The highest BCUT2D eigenvalue weighted by Crippen LogP contribution is 2.42. The molecule has 0 aromatic heterocycles. The Morgan fingerprint density at radius 2 is 1.86 bits per heavy atom. The van der Waals surface area contributed by atoms with E-state index in [0.29, 0.717) is 10.6 Å². The van der Waals surface area contributed by atoms with Crippen molar-refractivity contribution < 1.29 is 42.1 Å². The molecule has 160 valence electrons. The number of hydrogen-bond acceptors (Lipinski definition) is 6. The number of hydrogen-bond donors (Lipinski definition) is 1. The lowest BCUT2D eigenvalue weighted by Gasteiger charge is -2.30. The van der Waals surface area contributed by atoms with Gasteiger partial charge in [0.2, 0.25) is 12.9 Å². The standard InChI is InChI=1S/C19H20ClF3O6/c1-9(24)16(25)27-8-28-17(26)11-5-10-6-13(20)12(18(2,3)4)7-14(10)29-15(11)19(21,22)23/h5-7,9,15,24H,8H2,1-4H3/t9?,15-/m0/s1. The molecule has 0 radical (unpaired) electrons. The summed E-state index contributed by atoms with van der Waals surface area (Å²) in [5, 5.41) is 9.30. The van der Waals surface area contributed by atoms with E-state index in [-0.39, 0.29) is 11.3 Å². The molecule has 1 aromatic rings. The van der Waals surface area contributed by atoms with Gasteiger partial charge in [-0.05, 0) is 36.1 Å². The molecule has 1 heterocycles. The SMILES string of the molecule is CC(O)C(=O)OCOC(=O)C1=Cc2cc(Cl)c(C(C)(C)C)cc2O[C@@H]1C(F)(F)F. The third-order valence-electron chi connectivity index (χ3n) is 4.01. The third kappa shape index (κ3) is 5.42. The number of aliphatic hydroxyl groups excluding tert-OH is 1. The lowest BCUT2D eigenvalue weighted by molar-refractivity contribution is -0.191. The van der Waals surface area contributed by atoms with Gasteiger partial charge in [-0.15, -0.1) is 0 Å². The molecule has 2 atom stereocenters. The van der Waals surface area contributed by atoms with Gasteiger partial charge in [0.15, 0.2) is 0 Å². The molecule has 0 amide bonds. The summed E-state index contributed by atoms with van der Waals surface area (Å²) in [7, 11) is 0. The van der Waals surface area contributed by atoms with E-state index in [1.807, 2.05) is 20.8 Å². The fraction of sp³-hybridized carbons (Fsp3) is 0.474. The van der Waals surface area contributed by atoms with E-state index in [1.54, 1.807) is 0 Å². The van der Waals surface area contributed by atoms with Crippen LogP contribution in [-0.4, -0.2) is 42.2 Å². The summed E-state index contributed by atoms with van der Waals surface area (Å²) in [6.45, 7) is 5.70. The molecule has 29 heavy (non-hydrogen) atoms. The van der Waals surface area contributed by atoms with E-state index >= 15 is 0 Å². The molecule has 0 fully saturated rings. The number of rotatable bonds is 4. The number of carbonyl (C=O) groups is 2. The lowest BCUT2D eigenvalue weighted by atomic mass is 9.85. The van der Waals surface area contributed by atoms with Crippen LogP contribution in [-0.2, 0) is 24.5 Å². The summed E-state index contributed by atoms with van der Waals surface area (Å²) >= 11 is 6.24. The van der Waals surface area contributed by atoms with Crippen LogP contribution in [0.5, 0.6) is 5.75 Å². The Hall–Kier alpha value is -2.26. The van der Waals surface area contributed by atoms with Crippen molar-refractivity contribution in [1.29, 1.82) is 0 Å². The quantitative estimate of drug-likeness (QED) is 0.571. The van der Waals surface area contributed by atoms with Gasteiger partial charge < -0.3 is 19.3 Å². The molecule has 0 saturated heterocycles. The van der Waals surface area contributed by atoms with Crippen LogP contribution >= 0.6 is 11.6 Å². The Morgan fingerprint density at radius 3 is 2.38 bits per heavy atom. The fourth-order valence-corrected chi connectivity index (χ4v) is 3.00. The Balaban J connectivity index is 2.35. The zero-order valence-corrected chi connectivity index (χ0v) is 16.9. The number of carbonyl (C=O) groups excluding carboxylic acids is 2. The van der Waals surface area contributed by atoms with Crippen molar-refractivity contribution in [3.63, 3.8) is 0 Å². The van der Waals surface area contributed by atoms with Gasteiger partial charge in [-0.1, -0.05) is 32.4 Å². The van der Waals surface area contributed by atoms with Crippen LogP contribution < -0.4 is 4.74 Å². The van der Waals surface area contributed by atoms with E-state index in [0.717, 1.165) is 13.0 Å². The molecule has 10 heteroatoms. The van der Waals surface area contributed by atoms with Crippen LogP contribution in [0.15, 0.2) is 17.7 Å². The van der Waals surface area contributed by atoms with E-state index in [1.165, 1.54) is 12.1 Å². The minimum Gasteiger partial charge on any atom is -0.475 e. The molecular formula is C19H20ClF3O6. The summed E-state index contributed by atoms with van der Waals surface area (Å²) in [5.41, 5.74) is -0.503. The number of fused-ring (bicyclic) bond motifs is 1. The van der Waals surface area contributed by atoms with Crippen molar-refractivity contribution in [3.05, 3.63) is 33.9 Å². The fourth-order valence-electron chi connectivity index (χ4n) is 2.55. The maximum Gasteiger partial charge on any atom is 0.430 e. The lowest BCUT2D eigenvalue weighted by Crippen LogP contribution is -2.41. The van der Waals surface area contributed by atoms with Crippen molar-refractivity contribution >= 4 is 29.6 Å². The van der Waals surface area contributed by atoms with Crippen molar-refractivity contribution in [2.24, 2.45) is 0 Å². The molecule has 2 rings (SSSR count). The molecule has 0 saturated carbocycles. The molecule has 0 aliphatic carbocycles. The number of benzene rings is 1. The zero-order valence-electron chi connectivity index (χ0n) is 16.1. The normalized spacial score (nSPS) is 17.6. The monoisotopic (exact) mass is 436 g/mol. The van der Waals surface area contributed by atoms with Gasteiger partial charge in [0, 0.05) is 10.6 Å². The summed E-state index contributed by atoms with van der Waals surface area (Å²) in [5.74, 6) is -2.54. The van der Waals surface area contributed by atoms with Crippen LogP contribution in [0, 0.1) is 0 Å². The molecule has 1 aromatic carbocycles. The second kappa shape index (κ2) is 8.23. The van der Waals surface area contributed by atoms with Crippen LogP contribution in [0.1, 0.15) is 38.8 Å². The van der Waals surface area contributed by atoms with Gasteiger partial charge >= 0.3 is 18.1 Å². The average molecular weight is 437 g/mol. The highest BCUT2D eigenvalue weighted by Gasteiger charge is 2.49. The Morgan fingerprint density at radius 1 is 1.24 bits per heavy atom. The van der Waals surface area contributed by atoms with Crippen LogP contribution in [0.2, 0.25) is 5.02 Å². The first kappa shape index (κ1) is 23.0. The van der Waals surface area contributed by atoms with Crippen LogP contribution in [0.25, 0.3) is 6.08 Å². The topological polar surface area (TPSA) is 82.1 Å². The second-order valence-corrected chi connectivity index (χ2v) is 7.86. The van der Waals surface area contributed by atoms with Crippen LogP contribution in [0.3, 0.4) is 0 Å². The summed E-state index contributed by atoms with van der Waals surface area (Å²) < 4.78 is 54.6. The average Bonchev–Trinajstić information content (AvgIpc) is 2.57. The number of ether oxygens (including phenoxy) is 3. The van der Waals surface area contributed by atoms with Gasteiger partial charge in [-0.25, -0.2) is 9.59 Å². The summed E-state index contributed by atoms with van der Waals surface area (Å²) in [4.78, 5) is 23.3. The van der Waals surface area contributed by atoms with Crippen LogP contribution in [0.4, 0.5) is 13.2 Å². The maximum absolute atomic E-state index is 13.5. The van der Waals surface area contributed by atoms with E-state index < -0.39 is 48.1 Å². The van der Waals surface area contributed by atoms with Crippen molar-refractivity contribution in [2.45, 2.75) is 51.5 Å². The number of aliphatic hydroxyl groups is 1.